The van der Waals surface area contributed by atoms with E-state index in [-0.39, 0.29) is 5.91 Å². The molecule has 1 aromatic carbocycles. The molecule has 1 amide bonds. The summed E-state index contributed by atoms with van der Waals surface area (Å²) in [4.78, 5) is 14.2. The van der Waals surface area contributed by atoms with E-state index in [9.17, 15) is 4.79 Å². The maximum Gasteiger partial charge on any atom is 0.251 e. The van der Waals surface area contributed by atoms with Gasteiger partial charge in [0.25, 0.3) is 5.91 Å². The van der Waals surface area contributed by atoms with Crippen LogP contribution in [0.2, 0.25) is 0 Å². The molecule has 0 radical (unpaired) electrons. The number of amides is 1. The predicted octanol–water partition coefficient (Wildman–Crippen LogP) is 2.27. The van der Waals surface area contributed by atoms with Crippen molar-refractivity contribution in [2.45, 2.75) is 33.2 Å². The molecule has 3 N–H and O–H groups in total. The molecular weight excluding hydrogens is 266 g/mol. The van der Waals surface area contributed by atoms with E-state index in [0.717, 1.165) is 18.7 Å². The Balaban J connectivity index is 3.10. The Morgan fingerprint density at radius 2 is 2.14 bits per heavy atom. The second kappa shape index (κ2) is 8.52. The lowest BCUT2D eigenvalue weighted by molar-refractivity contribution is 0.0956. The van der Waals surface area contributed by atoms with Gasteiger partial charge in [0.1, 0.15) is 0 Å². The van der Waals surface area contributed by atoms with Crippen molar-refractivity contribution in [1.82, 2.24) is 5.32 Å². The molecule has 21 heavy (non-hydrogen) atoms. The van der Waals surface area contributed by atoms with Gasteiger partial charge in [0.15, 0.2) is 0 Å². The van der Waals surface area contributed by atoms with Crippen LogP contribution < -0.4 is 16.0 Å². The summed E-state index contributed by atoms with van der Waals surface area (Å²) >= 11 is 0. The molecule has 5 nitrogen and oxygen atoms in total. The third-order valence-corrected chi connectivity index (χ3v) is 3.60. The van der Waals surface area contributed by atoms with Crippen LogP contribution in [-0.4, -0.2) is 38.8 Å². The molecule has 0 aliphatic rings. The topological polar surface area (TPSA) is 67.6 Å². The first-order chi connectivity index (χ1) is 10.0. The first kappa shape index (κ1) is 17.3. The number of hydrogen-bond acceptors (Lipinski definition) is 4. The third-order valence-electron chi connectivity index (χ3n) is 3.60. The van der Waals surface area contributed by atoms with Crippen LogP contribution in [0.1, 0.15) is 37.6 Å². The first-order valence-corrected chi connectivity index (χ1v) is 7.48. The Morgan fingerprint density at radius 1 is 1.43 bits per heavy atom. The SMILES string of the molecule is CCNC(=O)c1ccc(N)c(N(CCOC)C(C)CC)c1. The normalized spacial score (nSPS) is 12.0. The molecule has 5 heteroatoms. The minimum absolute atomic E-state index is 0.0745. The van der Waals surface area contributed by atoms with E-state index in [4.69, 9.17) is 10.5 Å². The number of rotatable bonds is 8. The van der Waals surface area contributed by atoms with E-state index in [1.165, 1.54) is 0 Å². The highest BCUT2D eigenvalue weighted by Crippen LogP contribution is 2.27. The van der Waals surface area contributed by atoms with Gasteiger partial charge in [-0.25, -0.2) is 0 Å². The summed E-state index contributed by atoms with van der Waals surface area (Å²) in [5, 5.41) is 2.81. The van der Waals surface area contributed by atoms with Crippen molar-refractivity contribution in [3.63, 3.8) is 0 Å². The summed E-state index contributed by atoms with van der Waals surface area (Å²) in [6, 6.07) is 5.74. The number of nitrogen functional groups attached to an aromatic ring is 1. The fourth-order valence-corrected chi connectivity index (χ4v) is 2.18. The monoisotopic (exact) mass is 293 g/mol. The lowest BCUT2D eigenvalue weighted by Gasteiger charge is -2.32. The molecule has 1 aromatic rings. The van der Waals surface area contributed by atoms with Crippen LogP contribution >= 0.6 is 0 Å². The molecule has 0 aromatic heterocycles. The summed E-state index contributed by atoms with van der Waals surface area (Å²) in [6.07, 6.45) is 0.995. The van der Waals surface area contributed by atoms with Gasteiger partial charge in [-0.3, -0.25) is 4.79 Å². The maximum atomic E-state index is 12.0. The smallest absolute Gasteiger partial charge is 0.251 e. The van der Waals surface area contributed by atoms with Gasteiger partial charge < -0.3 is 20.7 Å². The van der Waals surface area contributed by atoms with Crippen LogP contribution in [0, 0.1) is 0 Å². The molecule has 0 saturated carbocycles. The Bertz CT molecular complexity index is 463. The molecule has 0 bridgehead atoms. The van der Waals surface area contributed by atoms with Crippen molar-refractivity contribution < 1.29 is 9.53 Å². The second-order valence-electron chi connectivity index (χ2n) is 5.08. The molecular formula is C16H27N3O2. The quantitative estimate of drug-likeness (QED) is 0.722. The molecule has 0 spiro atoms. The van der Waals surface area contributed by atoms with Crippen LogP contribution in [0.25, 0.3) is 0 Å². The van der Waals surface area contributed by atoms with Crippen molar-refractivity contribution in [3.05, 3.63) is 23.8 Å². The number of carbonyl (C=O) groups excluding carboxylic acids is 1. The molecule has 1 atom stereocenters. The number of nitrogens with one attached hydrogen (secondary N) is 1. The average Bonchev–Trinajstić information content (AvgIpc) is 2.49. The van der Waals surface area contributed by atoms with E-state index in [0.29, 0.717) is 30.4 Å². The highest BCUT2D eigenvalue weighted by atomic mass is 16.5. The van der Waals surface area contributed by atoms with Crippen molar-refractivity contribution >= 4 is 17.3 Å². The number of nitrogens with zero attached hydrogens (tertiary/aromatic N) is 1. The molecule has 1 rings (SSSR count). The molecule has 1 unspecified atom stereocenters. The van der Waals surface area contributed by atoms with Crippen molar-refractivity contribution in [1.29, 1.82) is 0 Å². The van der Waals surface area contributed by atoms with E-state index in [2.05, 4.69) is 24.1 Å². The summed E-state index contributed by atoms with van der Waals surface area (Å²) in [7, 11) is 1.68. The summed E-state index contributed by atoms with van der Waals surface area (Å²) in [5.74, 6) is -0.0745. The van der Waals surface area contributed by atoms with Gasteiger partial charge in [-0.2, -0.15) is 0 Å². The minimum Gasteiger partial charge on any atom is -0.397 e. The number of methoxy groups -OCH3 is 1. The van der Waals surface area contributed by atoms with Gasteiger partial charge in [-0.05, 0) is 38.5 Å². The number of anilines is 2. The van der Waals surface area contributed by atoms with E-state index >= 15 is 0 Å². The molecule has 0 saturated heterocycles. The predicted molar refractivity (Wildman–Crippen MR) is 87.8 cm³/mol. The first-order valence-electron chi connectivity index (χ1n) is 7.48. The number of benzene rings is 1. The van der Waals surface area contributed by atoms with Gasteiger partial charge in [0.05, 0.1) is 18.0 Å². The fourth-order valence-electron chi connectivity index (χ4n) is 2.18. The molecule has 0 aliphatic heterocycles. The maximum absolute atomic E-state index is 12.0. The Kier molecular flexibility index (Phi) is 7.02. The highest BCUT2D eigenvalue weighted by molar-refractivity contribution is 5.96. The van der Waals surface area contributed by atoms with E-state index in [1.807, 2.05) is 13.0 Å². The van der Waals surface area contributed by atoms with E-state index < -0.39 is 0 Å². The van der Waals surface area contributed by atoms with Crippen molar-refractivity contribution in [3.8, 4) is 0 Å². The van der Waals surface area contributed by atoms with Gasteiger partial charge in [0.2, 0.25) is 0 Å². The number of nitrogens with two attached hydrogens (primary N) is 1. The molecule has 0 heterocycles. The number of ether oxygens (including phenoxy) is 1. The van der Waals surface area contributed by atoms with Crippen molar-refractivity contribution in [2.75, 3.05) is 37.4 Å². The van der Waals surface area contributed by atoms with Crippen molar-refractivity contribution in [2.24, 2.45) is 0 Å². The van der Waals surface area contributed by atoms with Crippen LogP contribution in [0.5, 0.6) is 0 Å². The highest BCUT2D eigenvalue weighted by Gasteiger charge is 2.17. The third kappa shape index (κ3) is 4.63. The zero-order chi connectivity index (χ0) is 15.8. The Hall–Kier alpha value is -1.75. The second-order valence-corrected chi connectivity index (χ2v) is 5.08. The summed E-state index contributed by atoms with van der Waals surface area (Å²) in [6.45, 7) is 8.16. The fraction of sp³-hybridized carbons (Fsp3) is 0.562. The van der Waals surface area contributed by atoms with Gasteiger partial charge in [-0.15, -0.1) is 0 Å². The standard InChI is InChI=1S/C16H27N3O2/c1-5-12(3)19(9-10-21-4)15-11-13(7-8-14(15)17)16(20)18-6-2/h7-8,11-12H,5-6,9-10,17H2,1-4H3,(H,18,20). The van der Waals surface area contributed by atoms with E-state index in [1.54, 1.807) is 19.2 Å². The zero-order valence-electron chi connectivity index (χ0n) is 13.5. The van der Waals surface area contributed by atoms with Crippen LogP contribution in [-0.2, 0) is 4.74 Å². The zero-order valence-corrected chi connectivity index (χ0v) is 13.5. The molecule has 0 aliphatic carbocycles. The van der Waals surface area contributed by atoms with Gasteiger partial charge >= 0.3 is 0 Å². The summed E-state index contributed by atoms with van der Waals surface area (Å²) < 4.78 is 5.18. The van der Waals surface area contributed by atoms with Crippen LogP contribution in [0.3, 0.4) is 0 Å². The van der Waals surface area contributed by atoms with Gasteiger partial charge in [-0.1, -0.05) is 6.92 Å². The van der Waals surface area contributed by atoms with Crippen LogP contribution in [0.4, 0.5) is 11.4 Å². The number of hydrogen-bond donors (Lipinski definition) is 2. The average molecular weight is 293 g/mol. The Labute approximate surface area is 127 Å². The molecule has 0 fully saturated rings. The largest absolute Gasteiger partial charge is 0.397 e. The Morgan fingerprint density at radius 3 is 2.71 bits per heavy atom. The van der Waals surface area contributed by atoms with Crippen LogP contribution in [0.15, 0.2) is 18.2 Å². The lowest BCUT2D eigenvalue weighted by Crippen LogP contribution is -2.36. The minimum atomic E-state index is -0.0745. The molecule has 118 valence electrons. The number of carbonyl (C=O) groups is 1. The van der Waals surface area contributed by atoms with Gasteiger partial charge in [0, 0.05) is 31.8 Å². The summed E-state index contributed by atoms with van der Waals surface area (Å²) in [5.41, 5.74) is 8.32. The lowest BCUT2D eigenvalue weighted by atomic mass is 10.1.